The van der Waals surface area contributed by atoms with Crippen LogP contribution in [0.1, 0.15) is 31.2 Å². The third-order valence-corrected chi connectivity index (χ3v) is 5.19. The van der Waals surface area contributed by atoms with Crippen molar-refractivity contribution in [3.63, 3.8) is 0 Å². The van der Waals surface area contributed by atoms with Gasteiger partial charge in [0.15, 0.2) is 5.78 Å². The van der Waals surface area contributed by atoms with Gasteiger partial charge in [-0.2, -0.15) is 0 Å². The molecule has 0 bridgehead atoms. The molecule has 0 saturated heterocycles. The summed E-state index contributed by atoms with van der Waals surface area (Å²) in [5.74, 6) is -0.403. The summed E-state index contributed by atoms with van der Waals surface area (Å²) in [6.07, 6.45) is 0. The first kappa shape index (κ1) is 16.6. The molecule has 0 fully saturated rings. The van der Waals surface area contributed by atoms with Crippen LogP contribution in [0.5, 0.6) is 0 Å². The lowest BCUT2D eigenvalue weighted by molar-refractivity contribution is 0.0940. The molecule has 0 spiro atoms. The van der Waals surface area contributed by atoms with Crippen LogP contribution in [0.2, 0.25) is 0 Å². The summed E-state index contributed by atoms with van der Waals surface area (Å²) in [7, 11) is 0. The van der Waals surface area contributed by atoms with Gasteiger partial charge in [0.1, 0.15) is 0 Å². The van der Waals surface area contributed by atoms with Crippen LogP contribution in [-0.2, 0) is 6.54 Å². The second-order valence-electron chi connectivity index (χ2n) is 5.15. The van der Waals surface area contributed by atoms with Gasteiger partial charge in [0.2, 0.25) is 0 Å². The number of nitrogens with one attached hydrogen (secondary N) is 1. The lowest BCUT2D eigenvalue weighted by Crippen LogP contribution is -2.24. The van der Waals surface area contributed by atoms with Crippen molar-refractivity contribution in [1.82, 2.24) is 5.32 Å². The number of carbonyl (C=O) groups is 2. The van der Waals surface area contributed by atoms with Crippen LogP contribution in [0, 0.1) is 0 Å². The summed E-state index contributed by atoms with van der Waals surface area (Å²) < 4.78 is 0.997. The average Bonchev–Trinajstić information content (AvgIpc) is 3.05. The monoisotopic (exact) mass is 399 g/mol. The van der Waals surface area contributed by atoms with E-state index in [9.17, 15) is 9.59 Å². The molecule has 0 radical (unpaired) electrons. The Balaban J connectivity index is 1.81. The largest absolute Gasteiger partial charge is 0.347 e. The van der Waals surface area contributed by atoms with Gasteiger partial charge in [-0.3, -0.25) is 9.59 Å². The number of ketones is 1. The topological polar surface area (TPSA) is 46.2 Å². The summed E-state index contributed by atoms with van der Waals surface area (Å²) in [5, 5.41) is 4.84. The summed E-state index contributed by atoms with van der Waals surface area (Å²) in [5.41, 5.74) is 1.37. The van der Waals surface area contributed by atoms with Crippen LogP contribution >= 0.6 is 27.3 Å². The van der Waals surface area contributed by atoms with Crippen molar-refractivity contribution < 1.29 is 9.59 Å². The first-order valence-corrected chi connectivity index (χ1v) is 9.02. The third kappa shape index (κ3) is 3.80. The fraction of sp³-hybridized carbons (Fsp3) is 0.0526. The number of amides is 1. The van der Waals surface area contributed by atoms with E-state index in [0.717, 1.165) is 9.35 Å². The van der Waals surface area contributed by atoms with E-state index in [0.29, 0.717) is 23.2 Å². The highest BCUT2D eigenvalue weighted by atomic mass is 79.9. The molecular weight excluding hydrogens is 386 g/mol. The molecule has 3 aromatic rings. The number of hydrogen-bond donors (Lipinski definition) is 1. The summed E-state index contributed by atoms with van der Waals surface area (Å²) in [6, 6.07) is 17.8. The van der Waals surface area contributed by atoms with Gasteiger partial charge < -0.3 is 5.32 Å². The Morgan fingerprint density at radius 3 is 2.29 bits per heavy atom. The molecule has 0 atom stereocenters. The van der Waals surface area contributed by atoms with E-state index in [1.807, 2.05) is 29.6 Å². The molecule has 3 nitrogen and oxygen atoms in total. The molecule has 2 aromatic carbocycles. The molecule has 0 unspecified atom stereocenters. The van der Waals surface area contributed by atoms with Gasteiger partial charge >= 0.3 is 0 Å². The van der Waals surface area contributed by atoms with E-state index in [-0.39, 0.29) is 11.7 Å². The molecule has 0 aliphatic heterocycles. The summed E-state index contributed by atoms with van der Waals surface area (Å²) in [4.78, 5) is 26.2. The van der Waals surface area contributed by atoms with Gasteiger partial charge in [-0.15, -0.1) is 11.3 Å². The molecule has 3 rings (SSSR count). The van der Waals surface area contributed by atoms with E-state index in [1.165, 1.54) is 0 Å². The first-order chi connectivity index (χ1) is 11.6. The number of benzene rings is 2. The van der Waals surface area contributed by atoms with Crippen LogP contribution in [-0.4, -0.2) is 11.7 Å². The maximum absolute atomic E-state index is 12.7. The molecule has 0 aliphatic rings. The Bertz CT molecular complexity index is 874. The SMILES string of the molecule is O=C(NCc1cc(Br)cs1)c1ccccc1C(=O)c1ccccc1. The minimum atomic E-state index is -0.251. The highest BCUT2D eigenvalue weighted by Gasteiger charge is 2.17. The molecule has 120 valence electrons. The van der Waals surface area contributed by atoms with Gasteiger partial charge in [0, 0.05) is 25.9 Å². The molecule has 1 aromatic heterocycles. The second-order valence-corrected chi connectivity index (χ2v) is 7.07. The fourth-order valence-corrected chi connectivity index (χ4v) is 3.72. The molecule has 1 N–H and O–H groups in total. The zero-order chi connectivity index (χ0) is 16.9. The zero-order valence-corrected chi connectivity index (χ0v) is 15.1. The minimum absolute atomic E-state index is 0.153. The van der Waals surface area contributed by atoms with Crippen molar-refractivity contribution in [2.24, 2.45) is 0 Å². The highest BCUT2D eigenvalue weighted by Crippen LogP contribution is 2.20. The van der Waals surface area contributed by atoms with E-state index >= 15 is 0 Å². The smallest absolute Gasteiger partial charge is 0.252 e. The average molecular weight is 400 g/mol. The van der Waals surface area contributed by atoms with Crippen molar-refractivity contribution in [3.8, 4) is 0 Å². The summed E-state index contributed by atoms with van der Waals surface area (Å²) >= 11 is 4.96. The zero-order valence-electron chi connectivity index (χ0n) is 12.7. The molecule has 0 aliphatic carbocycles. The highest BCUT2D eigenvalue weighted by molar-refractivity contribution is 9.10. The van der Waals surface area contributed by atoms with E-state index in [4.69, 9.17) is 0 Å². The fourth-order valence-electron chi connectivity index (χ4n) is 2.33. The molecule has 1 heterocycles. The van der Waals surface area contributed by atoms with Crippen LogP contribution in [0.25, 0.3) is 0 Å². The van der Waals surface area contributed by atoms with Gasteiger partial charge in [-0.25, -0.2) is 0 Å². The van der Waals surface area contributed by atoms with E-state index in [2.05, 4.69) is 21.2 Å². The molecular formula is C19H14BrNO2S. The van der Waals surface area contributed by atoms with Crippen LogP contribution < -0.4 is 5.32 Å². The molecule has 1 amide bonds. The quantitative estimate of drug-likeness (QED) is 0.633. The standard InChI is InChI=1S/C19H14BrNO2S/c20-14-10-15(24-12-14)11-21-19(23)17-9-5-4-8-16(17)18(22)13-6-2-1-3-7-13/h1-10,12H,11H2,(H,21,23). The van der Waals surface area contributed by atoms with Gasteiger partial charge in [0.25, 0.3) is 5.91 Å². The lowest BCUT2D eigenvalue weighted by atomic mass is 9.98. The van der Waals surface area contributed by atoms with Crippen molar-refractivity contribution in [1.29, 1.82) is 0 Å². The molecule has 5 heteroatoms. The maximum atomic E-state index is 12.7. The molecule has 24 heavy (non-hydrogen) atoms. The predicted octanol–water partition coefficient (Wildman–Crippen LogP) is 4.67. The van der Waals surface area contributed by atoms with Crippen molar-refractivity contribution in [3.05, 3.63) is 92.1 Å². The lowest BCUT2D eigenvalue weighted by Gasteiger charge is -2.09. The van der Waals surface area contributed by atoms with Crippen molar-refractivity contribution >= 4 is 39.0 Å². The Morgan fingerprint density at radius 1 is 0.958 bits per heavy atom. The number of thiophene rings is 1. The Labute approximate surface area is 152 Å². The van der Waals surface area contributed by atoms with Crippen LogP contribution in [0.3, 0.4) is 0 Å². The van der Waals surface area contributed by atoms with Gasteiger partial charge in [-0.1, -0.05) is 48.5 Å². The third-order valence-electron chi connectivity index (χ3n) is 3.50. The van der Waals surface area contributed by atoms with Crippen LogP contribution in [0.15, 0.2) is 70.5 Å². The van der Waals surface area contributed by atoms with Gasteiger partial charge in [-0.05, 0) is 28.1 Å². The normalized spacial score (nSPS) is 10.4. The maximum Gasteiger partial charge on any atom is 0.252 e. The number of rotatable bonds is 5. The van der Waals surface area contributed by atoms with Gasteiger partial charge in [0.05, 0.1) is 12.1 Å². The van der Waals surface area contributed by atoms with Crippen molar-refractivity contribution in [2.45, 2.75) is 6.54 Å². The van der Waals surface area contributed by atoms with Crippen LogP contribution in [0.4, 0.5) is 0 Å². The Kier molecular flexibility index (Phi) is 5.23. The van der Waals surface area contributed by atoms with Crippen molar-refractivity contribution in [2.75, 3.05) is 0 Å². The molecule has 0 saturated carbocycles. The minimum Gasteiger partial charge on any atom is -0.347 e. The number of halogens is 1. The predicted molar refractivity (Wildman–Crippen MR) is 99.5 cm³/mol. The summed E-state index contributed by atoms with van der Waals surface area (Å²) in [6.45, 7) is 0.433. The first-order valence-electron chi connectivity index (χ1n) is 7.35. The number of carbonyl (C=O) groups excluding carboxylic acids is 2. The Hall–Kier alpha value is -2.24. The van der Waals surface area contributed by atoms with E-state index in [1.54, 1.807) is 47.7 Å². The number of hydrogen-bond acceptors (Lipinski definition) is 3. The second kappa shape index (κ2) is 7.55. The van der Waals surface area contributed by atoms with E-state index < -0.39 is 0 Å². The Morgan fingerprint density at radius 2 is 1.62 bits per heavy atom.